The Morgan fingerprint density at radius 1 is 0.857 bits per heavy atom. The Kier molecular flexibility index (Phi) is 19.4. The molecule has 0 aliphatic rings. The lowest BCUT2D eigenvalue weighted by Crippen LogP contribution is -2.39. The van der Waals surface area contributed by atoms with Gasteiger partial charge in [-0.3, -0.25) is 18.6 Å². The second-order valence-corrected chi connectivity index (χ2v) is 16.4. The fourth-order valence-corrected chi connectivity index (χ4v) is 6.88. The topological polar surface area (TPSA) is 163 Å². The monoisotopic (exact) mass is 799 g/mol. The molecule has 1 amide bonds. The molecule has 0 aliphatic heterocycles. The molecule has 1 heterocycles. The average molecular weight is 800 g/mol. The Morgan fingerprint density at radius 2 is 1.48 bits per heavy atom. The second kappa shape index (κ2) is 23.3. The molecule has 56 heavy (non-hydrogen) atoms. The van der Waals surface area contributed by atoms with Crippen molar-refractivity contribution in [3.05, 3.63) is 92.9 Å². The number of rotatable bonds is 26. The number of carboxylic acids is 1. The predicted molar refractivity (Wildman–Crippen MR) is 217 cm³/mol. The van der Waals surface area contributed by atoms with Crippen LogP contribution in [0.15, 0.2) is 59.5 Å². The van der Waals surface area contributed by atoms with Gasteiger partial charge in [0, 0.05) is 25.4 Å². The number of amides is 1. The maximum absolute atomic E-state index is 14.0. The number of pyridine rings is 1. The molecule has 3 rings (SSSR count). The van der Waals surface area contributed by atoms with E-state index in [0.29, 0.717) is 76.9 Å². The van der Waals surface area contributed by atoms with E-state index in [1.54, 1.807) is 12.3 Å². The molecule has 310 valence electrons. The van der Waals surface area contributed by atoms with E-state index in [2.05, 4.69) is 61.2 Å². The van der Waals surface area contributed by atoms with E-state index < -0.39 is 34.1 Å². The first-order valence-corrected chi connectivity index (χ1v) is 21.0. The highest BCUT2D eigenvalue weighted by atomic mass is 32.2. The van der Waals surface area contributed by atoms with Crippen molar-refractivity contribution < 1.29 is 41.5 Å². The quantitative estimate of drug-likeness (QED) is 0.0806. The van der Waals surface area contributed by atoms with Crippen molar-refractivity contribution in [1.82, 2.24) is 14.8 Å². The third-order valence-corrected chi connectivity index (χ3v) is 9.88. The highest BCUT2D eigenvalue weighted by Gasteiger charge is 2.27. The molecule has 0 saturated heterocycles. The van der Waals surface area contributed by atoms with Gasteiger partial charge in [-0.05, 0) is 98.5 Å². The third kappa shape index (κ3) is 16.7. The van der Waals surface area contributed by atoms with E-state index in [4.69, 9.17) is 14.2 Å². The van der Waals surface area contributed by atoms with Gasteiger partial charge >= 0.3 is 5.97 Å². The van der Waals surface area contributed by atoms with Crippen LogP contribution in [0.2, 0.25) is 0 Å². The predicted octanol–water partition coefficient (Wildman–Crippen LogP) is 5.25. The van der Waals surface area contributed by atoms with Crippen LogP contribution >= 0.6 is 0 Å². The number of carbonyl (C=O) groups is 2. The average Bonchev–Trinajstić information content (AvgIpc) is 3.10. The summed E-state index contributed by atoms with van der Waals surface area (Å²) in [7, 11) is -1.49. The number of hydrogen-bond donors (Lipinski definition) is 2. The van der Waals surface area contributed by atoms with Gasteiger partial charge in [-0.25, -0.2) is 0 Å². The van der Waals surface area contributed by atoms with Crippen molar-refractivity contribution in [2.45, 2.75) is 72.4 Å². The van der Waals surface area contributed by atoms with Crippen LogP contribution in [0.4, 0.5) is 0 Å². The maximum Gasteiger partial charge on any atom is 0.305 e. The SMILES string of the molecule is Cc1cc(C)c(-c2cccc(C(CC(=O)O)NC(=O)C(CCC(C)C)n3ccc(CCN(C)CCOCCOCCOCCOS(C)(=O)=O)cc3=O)c2)c(C)c1. The molecular weight excluding hydrogens is 739 g/mol. The van der Waals surface area contributed by atoms with Crippen LogP contribution in [0.1, 0.15) is 73.0 Å². The fourth-order valence-electron chi connectivity index (χ4n) is 6.51. The number of carboxylic acid groups (broad SMARTS) is 1. The molecule has 2 atom stereocenters. The molecule has 2 N–H and O–H groups in total. The van der Waals surface area contributed by atoms with Gasteiger partial charge in [0.2, 0.25) is 5.91 Å². The minimum Gasteiger partial charge on any atom is -0.481 e. The summed E-state index contributed by atoms with van der Waals surface area (Å²) in [6.45, 7) is 13.8. The molecular formula is C42H61N3O10S. The Labute approximate surface area is 332 Å². The lowest BCUT2D eigenvalue weighted by atomic mass is 9.91. The van der Waals surface area contributed by atoms with Crippen LogP contribution in [-0.2, 0) is 44.5 Å². The molecule has 1 aromatic heterocycles. The number of hydrogen-bond acceptors (Lipinski definition) is 10. The molecule has 2 aromatic carbocycles. The molecule has 0 radical (unpaired) electrons. The van der Waals surface area contributed by atoms with Gasteiger partial charge in [-0.15, -0.1) is 0 Å². The first-order chi connectivity index (χ1) is 26.5. The van der Waals surface area contributed by atoms with Crippen LogP contribution in [0.3, 0.4) is 0 Å². The van der Waals surface area contributed by atoms with Crippen LogP contribution in [0.25, 0.3) is 11.1 Å². The Balaban J connectivity index is 1.57. The van der Waals surface area contributed by atoms with E-state index in [1.807, 2.05) is 37.4 Å². The van der Waals surface area contributed by atoms with Crippen molar-refractivity contribution in [3.8, 4) is 11.1 Å². The Morgan fingerprint density at radius 3 is 2.07 bits per heavy atom. The highest BCUT2D eigenvalue weighted by molar-refractivity contribution is 7.85. The minimum atomic E-state index is -3.46. The number of carbonyl (C=O) groups excluding carboxylic acids is 1. The van der Waals surface area contributed by atoms with E-state index in [9.17, 15) is 27.9 Å². The summed E-state index contributed by atoms with van der Waals surface area (Å²) < 4.78 is 44.2. The third-order valence-electron chi connectivity index (χ3n) is 9.29. The lowest BCUT2D eigenvalue weighted by molar-refractivity contribution is -0.138. The molecule has 0 spiro atoms. The number of likely N-dealkylation sites (N-methyl/N-ethyl adjacent to an activating group) is 1. The zero-order chi connectivity index (χ0) is 41.3. The summed E-state index contributed by atoms with van der Waals surface area (Å²) in [5, 5.41) is 12.9. The van der Waals surface area contributed by atoms with Crippen molar-refractivity contribution in [2.24, 2.45) is 5.92 Å². The van der Waals surface area contributed by atoms with Gasteiger partial charge in [0.25, 0.3) is 15.7 Å². The van der Waals surface area contributed by atoms with Crippen LogP contribution in [0.5, 0.6) is 0 Å². The van der Waals surface area contributed by atoms with E-state index >= 15 is 0 Å². The van der Waals surface area contributed by atoms with Gasteiger partial charge in [-0.1, -0.05) is 49.7 Å². The zero-order valence-electron chi connectivity index (χ0n) is 34.0. The van der Waals surface area contributed by atoms with E-state index in [0.717, 1.165) is 34.1 Å². The molecule has 0 aliphatic carbocycles. The fraction of sp³-hybridized carbons (Fsp3) is 0.548. The second-order valence-electron chi connectivity index (χ2n) is 14.7. The summed E-state index contributed by atoms with van der Waals surface area (Å²) in [4.78, 5) is 41.7. The number of nitrogens with one attached hydrogen (secondary N) is 1. The standard InChI is InChI=1S/C42H61N3O10S/c1-30(2)11-12-38(42(49)43-37(29-40(47)48)35-9-8-10-36(28-35)41-32(4)25-31(3)26-33(41)5)45-16-14-34(27-39(45)46)13-15-44(6)17-18-52-19-20-53-21-22-54-23-24-55-56(7,50)51/h8-10,14,16,25-28,30,37-38H,11-13,15,17-24,29H2,1-7H3,(H,43,49)(H,47,48). The molecule has 14 heteroatoms. The molecule has 0 fully saturated rings. The van der Waals surface area contributed by atoms with Gasteiger partial charge < -0.3 is 34.1 Å². The smallest absolute Gasteiger partial charge is 0.305 e. The Hall–Kier alpha value is -3.92. The van der Waals surface area contributed by atoms with Gasteiger partial charge in [0.1, 0.15) is 6.04 Å². The number of aromatic nitrogens is 1. The zero-order valence-corrected chi connectivity index (χ0v) is 34.9. The number of nitrogens with zero attached hydrogens (tertiary/aromatic N) is 2. The number of ether oxygens (including phenoxy) is 3. The largest absolute Gasteiger partial charge is 0.481 e. The van der Waals surface area contributed by atoms with Crippen molar-refractivity contribution in [2.75, 3.05) is 72.6 Å². The summed E-state index contributed by atoms with van der Waals surface area (Å²) in [6.07, 6.45) is 4.12. The molecule has 13 nitrogen and oxygen atoms in total. The van der Waals surface area contributed by atoms with Crippen molar-refractivity contribution in [3.63, 3.8) is 0 Å². The highest BCUT2D eigenvalue weighted by Crippen LogP contribution is 2.31. The van der Waals surface area contributed by atoms with Crippen molar-refractivity contribution >= 4 is 22.0 Å². The van der Waals surface area contributed by atoms with Crippen LogP contribution < -0.4 is 10.9 Å². The summed E-state index contributed by atoms with van der Waals surface area (Å²) >= 11 is 0. The molecule has 0 bridgehead atoms. The summed E-state index contributed by atoms with van der Waals surface area (Å²) in [6, 6.07) is 13.8. The number of aryl methyl sites for hydroxylation is 3. The van der Waals surface area contributed by atoms with Crippen molar-refractivity contribution in [1.29, 1.82) is 0 Å². The van der Waals surface area contributed by atoms with E-state index in [1.165, 1.54) is 10.1 Å². The lowest BCUT2D eigenvalue weighted by Gasteiger charge is -2.25. The summed E-state index contributed by atoms with van der Waals surface area (Å²) in [5.41, 5.74) is 6.68. The molecule has 3 aromatic rings. The minimum absolute atomic E-state index is 0.0284. The van der Waals surface area contributed by atoms with Crippen LogP contribution in [-0.4, -0.2) is 108 Å². The normalized spacial score (nSPS) is 12.9. The molecule has 0 saturated carbocycles. The first-order valence-electron chi connectivity index (χ1n) is 19.2. The molecule has 2 unspecified atom stereocenters. The maximum atomic E-state index is 14.0. The Bertz CT molecular complexity index is 1860. The van der Waals surface area contributed by atoms with E-state index in [-0.39, 0.29) is 25.2 Å². The van der Waals surface area contributed by atoms with Gasteiger partial charge in [0.05, 0.1) is 65.0 Å². The van der Waals surface area contributed by atoms with Gasteiger partial charge in [0.15, 0.2) is 0 Å². The van der Waals surface area contributed by atoms with Crippen LogP contribution in [0, 0.1) is 26.7 Å². The summed E-state index contributed by atoms with van der Waals surface area (Å²) in [5.74, 6) is -1.14. The first kappa shape index (κ1) is 46.5. The number of benzene rings is 2. The van der Waals surface area contributed by atoms with Gasteiger partial charge in [-0.2, -0.15) is 8.42 Å². The number of aliphatic carboxylic acids is 1.